The zero-order chi connectivity index (χ0) is 7.78. The molecule has 0 spiro atoms. The summed E-state index contributed by atoms with van der Waals surface area (Å²) in [5.74, 6) is 1.86. The van der Waals surface area contributed by atoms with Crippen molar-refractivity contribution in [2.24, 2.45) is 11.8 Å². The lowest BCUT2D eigenvalue weighted by atomic mass is 9.91. The van der Waals surface area contributed by atoms with Gasteiger partial charge in [-0.1, -0.05) is 13.8 Å². The third-order valence-corrected chi connectivity index (χ3v) is 2.42. The minimum absolute atomic E-state index is 0. The van der Waals surface area contributed by atoms with Gasteiger partial charge in [-0.15, -0.1) is 0 Å². The first-order valence-electron chi connectivity index (χ1n) is 4.31. The Morgan fingerprint density at radius 3 is 1.64 bits per heavy atom. The smallest absolute Gasteiger partial charge is 0.0808 e. The van der Waals surface area contributed by atoms with E-state index in [0.717, 1.165) is 11.8 Å². The van der Waals surface area contributed by atoms with Crippen molar-refractivity contribution in [2.45, 2.75) is 20.3 Å². The summed E-state index contributed by atoms with van der Waals surface area (Å²) in [6, 6.07) is 0. The molecule has 1 heterocycles. The molecule has 2 heteroatoms. The number of rotatable bonds is 0. The number of hydrogen-bond donors (Lipinski definition) is 0. The first-order valence-corrected chi connectivity index (χ1v) is 4.31. The molecule has 1 rings (SSSR count). The fourth-order valence-corrected chi connectivity index (χ4v) is 2.60. The van der Waals surface area contributed by atoms with E-state index in [0.29, 0.717) is 0 Å². The van der Waals surface area contributed by atoms with Crippen LogP contribution in [0.4, 0.5) is 0 Å². The monoisotopic (exact) mass is 161 g/mol. The predicted octanol–water partition coefficient (Wildman–Crippen LogP) is -1.26. The van der Waals surface area contributed by atoms with Gasteiger partial charge < -0.3 is 9.19 Å². The number of nitrogens with zero attached hydrogens (tertiary/aromatic N) is 1. The zero-order valence-corrected chi connectivity index (χ0v) is 8.10. The second-order valence-electron chi connectivity index (χ2n) is 4.75. The molecular weight excluding hydrogens is 141 g/mol. The maximum absolute atomic E-state index is 2.37. The quantitative estimate of drug-likeness (QED) is 0.389. The van der Waals surface area contributed by atoms with Crippen LogP contribution in [0.25, 0.3) is 0 Å². The number of quaternary nitrogens is 1. The van der Waals surface area contributed by atoms with Gasteiger partial charge in [0.2, 0.25) is 0 Å². The van der Waals surface area contributed by atoms with Gasteiger partial charge in [-0.2, -0.15) is 0 Å². The first kappa shape index (κ1) is 10.9. The van der Waals surface area contributed by atoms with Crippen LogP contribution < -0.4 is 4.70 Å². The van der Waals surface area contributed by atoms with Crippen molar-refractivity contribution in [2.75, 3.05) is 27.2 Å². The van der Waals surface area contributed by atoms with Crippen LogP contribution in [0.2, 0.25) is 0 Å². The SMILES string of the molecule is CC1CC(C)C[N+](C)(C)C1.[F-]. The Morgan fingerprint density at radius 1 is 1.00 bits per heavy atom. The molecule has 0 aromatic heterocycles. The fraction of sp³-hybridized carbons (Fsp3) is 1.00. The number of halogens is 1. The summed E-state index contributed by atoms with van der Waals surface area (Å²) in [5.41, 5.74) is 0. The van der Waals surface area contributed by atoms with E-state index in [4.69, 9.17) is 0 Å². The van der Waals surface area contributed by atoms with Crippen LogP contribution in [0.15, 0.2) is 0 Å². The van der Waals surface area contributed by atoms with Crippen molar-refractivity contribution in [1.29, 1.82) is 0 Å². The van der Waals surface area contributed by atoms with Gasteiger partial charge in [-0.05, 0) is 6.42 Å². The Morgan fingerprint density at radius 2 is 1.36 bits per heavy atom. The summed E-state index contributed by atoms with van der Waals surface area (Å²) in [6.45, 7) is 7.47. The molecule has 1 nitrogen and oxygen atoms in total. The minimum atomic E-state index is 0. The second-order valence-corrected chi connectivity index (χ2v) is 4.75. The molecule has 0 bridgehead atoms. The summed E-state index contributed by atoms with van der Waals surface area (Å²) in [4.78, 5) is 0. The summed E-state index contributed by atoms with van der Waals surface area (Å²) < 4.78 is 1.22. The maximum atomic E-state index is 2.37. The molecule has 0 radical (unpaired) electrons. The van der Waals surface area contributed by atoms with E-state index in [1.165, 1.54) is 24.0 Å². The first-order chi connectivity index (χ1) is 4.49. The van der Waals surface area contributed by atoms with Crippen LogP contribution in [0.3, 0.4) is 0 Å². The van der Waals surface area contributed by atoms with Crippen molar-refractivity contribution < 1.29 is 9.19 Å². The van der Waals surface area contributed by atoms with Crippen LogP contribution in [0.5, 0.6) is 0 Å². The van der Waals surface area contributed by atoms with Gasteiger partial charge in [0.25, 0.3) is 0 Å². The molecule has 1 saturated heterocycles. The van der Waals surface area contributed by atoms with Crippen molar-refractivity contribution in [3.8, 4) is 0 Å². The van der Waals surface area contributed by atoms with Crippen molar-refractivity contribution in [1.82, 2.24) is 0 Å². The molecule has 0 aromatic rings. The van der Waals surface area contributed by atoms with Crippen LogP contribution in [0, 0.1) is 11.8 Å². The highest BCUT2D eigenvalue weighted by molar-refractivity contribution is 4.64. The normalized spacial score (nSPS) is 36.0. The average molecular weight is 161 g/mol. The summed E-state index contributed by atoms with van der Waals surface area (Å²) in [6.07, 6.45) is 1.43. The van der Waals surface area contributed by atoms with Gasteiger partial charge >= 0.3 is 0 Å². The average Bonchev–Trinajstić information content (AvgIpc) is 1.54. The molecule has 0 N–H and O–H groups in total. The highest BCUT2D eigenvalue weighted by Crippen LogP contribution is 2.23. The van der Waals surface area contributed by atoms with E-state index in [1.54, 1.807) is 0 Å². The number of piperidine rings is 1. The van der Waals surface area contributed by atoms with Gasteiger partial charge in [-0.3, -0.25) is 0 Å². The fourth-order valence-electron chi connectivity index (χ4n) is 2.60. The Bertz CT molecular complexity index is 111. The van der Waals surface area contributed by atoms with E-state index < -0.39 is 0 Å². The lowest BCUT2D eigenvalue weighted by molar-refractivity contribution is -0.902. The van der Waals surface area contributed by atoms with Gasteiger partial charge in [0.1, 0.15) is 0 Å². The van der Waals surface area contributed by atoms with Crippen LogP contribution in [-0.2, 0) is 0 Å². The maximum Gasteiger partial charge on any atom is 0.0808 e. The minimum Gasteiger partial charge on any atom is -1.00 e. The van der Waals surface area contributed by atoms with E-state index >= 15 is 0 Å². The highest BCUT2D eigenvalue weighted by Gasteiger charge is 2.28. The molecule has 0 amide bonds. The molecular formula is C9H20FN. The van der Waals surface area contributed by atoms with E-state index in [-0.39, 0.29) is 4.70 Å². The molecule has 2 atom stereocenters. The van der Waals surface area contributed by atoms with Crippen LogP contribution in [-0.4, -0.2) is 31.7 Å². The second kappa shape index (κ2) is 3.53. The topological polar surface area (TPSA) is 0 Å². The van der Waals surface area contributed by atoms with E-state index in [2.05, 4.69) is 27.9 Å². The molecule has 1 aliphatic rings. The summed E-state index contributed by atoms with van der Waals surface area (Å²) in [5, 5.41) is 0. The van der Waals surface area contributed by atoms with Gasteiger partial charge in [0, 0.05) is 11.8 Å². The Balaban J connectivity index is 0.000001000. The van der Waals surface area contributed by atoms with Gasteiger partial charge in [-0.25, -0.2) is 0 Å². The molecule has 1 fully saturated rings. The summed E-state index contributed by atoms with van der Waals surface area (Å²) in [7, 11) is 4.68. The Kier molecular flexibility index (Phi) is 3.49. The molecule has 1 aliphatic heterocycles. The zero-order valence-electron chi connectivity index (χ0n) is 8.10. The highest BCUT2D eigenvalue weighted by atomic mass is 19.0. The molecule has 11 heavy (non-hydrogen) atoms. The van der Waals surface area contributed by atoms with E-state index in [9.17, 15) is 0 Å². The molecule has 68 valence electrons. The van der Waals surface area contributed by atoms with Crippen molar-refractivity contribution in [3.63, 3.8) is 0 Å². The Labute approximate surface area is 69.4 Å². The van der Waals surface area contributed by atoms with Crippen molar-refractivity contribution >= 4 is 0 Å². The Hall–Kier alpha value is -0.110. The number of hydrogen-bond acceptors (Lipinski definition) is 0. The summed E-state index contributed by atoms with van der Waals surface area (Å²) >= 11 is 0. The molecule has 0 aromatic carbocycles. The molecule has 0 saturated carbocycles. The van der Waals surface area contributed by atoms with E-state index in [1.807, 2.05) is 0 Å². The lowest BCUT2D eigenvalue weighted by Gasteiger charge is -2.40. The van der Waals surface area contributed by atoms with Crippen LogP contribution in [0.1, 0.15) is 20.3 Å². The molecule has 0 aliphatic carbocycles. The lowest BCUT2D eigenvalue weighted by Crippen LogP contribution is -3.00. The van der Waals surface area contributed by atoms with Gasteiger partial charge in [0.05, 0.1) is 27.2 Å². The third kappa shape index (κ3) is 3.19. The predicted molar refractivity (Wildman–Crippen MR) is 44.8 cm³/mol. The van der Waals surface area contributed by atoms with Gasteiger partial charge in [0.15, 0.2) is 0 Å². The number of likely N-dealkylation sites (tertiary alicyclic amines) is 1. The standard InChI is InChI=1S/C9H20N.FH/c1-8-5-9(2)7-10(3,4)6-8;/h8-9H,5-7H2,1-4H3;1H/q+1;/p-1. The molecule has 2 unspecified atom stereocenters. The largest absolute Gasteiger partial charge is 1.00 e. The van der Waals surface area contributed by atoms with Crippen LogP contribution >= 0.6 is 0 Å². The third-order valence-electron chi connectivity index (χ3n) is 2.42. The van der Waals surface area contributed by atoms with Crippen molar-refractivity contribution in [3.05, 3.63) is 0 Å².